The molecule has 2 aromatic carbocycles. The lowest BCUT2D eigenvalue weighted by molar-refractivity contribution is -0.0602. The van der Waals surface area contributed by atoms with Crippen molar-refractivity contribution in [1.29, 1.82) is 0 Å². The van der Waals surface area contributed by atoms with E-state index in [2.05, 4.69) is 0 Å². The average molecular weight is 351 g/mol. The summed E-state index contributed by atoms with van der Waals surface area (Å²) in [5.41, 5.74) is 1.38. The fraction of sp³-hybridized carbons (Fsp3) is 0.105. The van der Waals surface area contributed by atoms with Crippen molar-refractivity contribution in [3.63, 3.8) is 0 Å². The standard InChI is InChI=1S/C19H13NO6/c1-10-14-9-11(24-2)7-8-15(14)25-16(10)19(23)26-20-17(21)12-5-3-4-6-13(12)18(20)22/h3-9H,1-2H3. The zero-order valence-corrected chi connectivity index (χ0v) is 13.9. The molecular weight excluding hydrogens is 338 g/mol. The van der Waals surface area contributed by atoms with Crippen LogP contribution in [0.5, 0.6) is 5.75 Å². The summed E-state index contributed by atoms with van der Waals surface area (Å²) in [6, 6.07) is 11.4. The number of hydrogen-bond acceptors (Lipinski definition) is 6. The Kier molecular flexibility index (Phi) is 3.50. The molecule has 7 heteroatoms. The van der Waals surface area contributed by atoms with Gasteiger partial charge in [-0.25, -0.2) is 4.79 Å². The van der Waals surface area contributed by atoms with Gasteiger partial charge in [0.25, 0.3) is 11.8 Å². The first-order valence-electron chi connectivity index (χ1n) is 7.78. The van der Waals surface area contributed by atoms with E-state index in [-0.39, 0.29) is 16.9 Å². The molecule has 0 saturated carbocycles. The summed E-state index contributed by atoms with van der Waals surface area (Å²) < 4.78 is 10.7. The molecule has 130 valence electrons. The molecule has 1 aliphatic heterocycles. The van der Waals surface area contributed by atoms with Crippen LogP contribution in [0.15, 0.2) is 46.9 Å². The number of amides is 2. The molecule has 26 heavy (non-hydrogen) atoms. The van der Waals surface area contributed by atoms with Gasteiger partial charge in [0, 0.05) is 10.9 Å². The summed E-state index contributed by atoms with van der Waals surface area (Å²) in [5.74, 6) is -1.76. The van der Waals surface area contributed by atoms with E-state index >= 15 is 0 Å². The van der Waals surface area contributed by atoms with Crippen LogP contribution in [0.3, 0.4) is 0 Å². The minimum Gasteiger partial charge on any atom is -0.497 e. The van der Waals surface area contributed by atoms with Crippen molar-refractivity contribution in [1.82, 2.24) is 5.06 Å². The Morgan fingerprint density at radius 1 is 1.04 bits per heavy atom. The summed E-state index contributed by atoms with van der Waals surface area (Å²) in [5, 5.41) is 1.14. The molecule has 1 aliphatic rings. The van der Waals surface area contributed by atoms with E-state index < -0.39 is 17.8 Å². The Morgan fingerprint density at radius 2 is 1.69 bits per heavy atom. The topological polar surface area (TPSA) is 86.1 Å². The molecule has 0 unspecified atom stereocenters. The van der Waals surface area contributed by atoms with Crippen LogP contribution < -0.4 is 4.74 Å². The Hall–Kier alpha value is -3.61. The normalized spacial score (nSPS) is 13.2. The summed E-state index contributed by atoms with van der Waals surface area (Å²) in [6.45, 7) is 1.68. The van der Waals surface area contributed by atoms with Gasteiger partial charge in [-0.1, -0.05) is 17.2 Å². The van der Waals surface area contributed by atoms with Crippen LogP contribution in [0.1, 0.15) is 36.8 Å². The predicted molar refractivity (Wildman–Crippen MR) is 89.9 cm³/mol. The highest BCUT2D eigenvalue weighted by atomic mass is 16.7. The quantitative estimate of drug-likeness (QED) is 0.674. The van der Waals surface area contributed by atoms with Crippen LogP contribution in [-0.4, -0.2) is 30.0 Å². The maximum absolute atomic E-state index is 12.5. The summed E-state index contributed by atoms with van der Waals surface area (Å²) >= 11 is 0. The molecule has 0 spiro atoms. The number of carbonyl (C=O) groups is 3. The van der Waals surface area contributed by atoms with Crippen molar-refractivity contribution >= 4 is 28.8 Å². The second-order valence-electron chi connectivity index (χ2n) is 5.75. The van der Waals surface area contributed by atoms with E-state index in [1.165, 1.54) is 19.2 Å². The number of rotatable bonds is 3. The Balaban J connectivity index is 1.65. The van der Waals surface area contributed by atoms with Gasteiger partial charge in [0.1, 0.15) is 11.3 Å². The summed E-state index contributed by atoms with van der Waals surface area (Å²) in [6.07, 6.45) is 0. The summed E-state index contributed by atoms with van der Waals surface area (Å²) in [7, 11) is 1.54. The molecule has 0 radical (unpaired) electrons. The number of fused-ring (bicyclic) bond motifs is 2. The molecule has 1 aromatic heterocycles. The van der Waals surface area contributed by atoms with Crippen LogP contribution in [-0.2, 0) is 4.84 Å². The Labute approximate surface area is 147 Å². The van der Waals surface area contributed by atoms with Gasteiger partial charge in [0.05, 0.1) is 18.2 Å². The highest BCUT2D eigenvalue weighted by Crippen LogP contribution is 2.30. The van der Waals surface area contributed by atoms with Gasteiger partial charge >= 0.3 is 5.97 Å². The predicted octanol–water partition coefficient (Wildman–Crippen LogP) is 3.12. The second kappa shape index (κ2) is 5.73. The third kappa shape index (κ3) is 2.25. The van der Waals surface area contributed by atoms with E-state index in [4.69, 9.17) is 14.0 Å². The number of aryl methyl sites for hydroxylation is 1. The smallest absolute Gasteiger partial charge is 0.399 e. The third-order valence-electron chi connectivity index (χ3n) is 4.26. The number of furan rings is 1. The van der Waals surface area contributed by atoms with Gasteiger partial charge in [-0.15, -0.1) is 0 Å². The SMILES string of the molecule is COc1ccc2oc(C(=O)ON3C(=O)c4ccccc4C3=O)c(C)c2c1. The zero-order valence-electron chi connectivity index (χ0n) is 13.9. The molecule has 2 amide bonds. The fourth-order valence-electron chi connectivity index (χ4n) is 2.90. The fourth-order valence-corrected chi connectivity index (χ4v) is 2.90. The molecule has 3 aromatic rings. The van der Waals surface area contributed by atoms with Crippen molar-refractivity contribution in [2.45, 2.75) is 6.92 Å². The second-order valence-corrected chi connectivity index (χ2v) is 5.75. The first-order chi connectivity index (χ1) is 12.5. The van der Waals surface area contributed by atoms with E-state index in [1.54, 1.807) is 37.3 Å². The molecule has 2 heterocycles. The molecule has 0 N–H and O–H groups in total. The van der Waals surface area contributed by atoms with Gasteiger partial charge in [-0.05, 0) is 37.3 Å². The van der Waals surface area contributed by atoms with E-state index in [9.17, 15) is 14.4 Å². The molecule has 0 fully saturated rings. The van der Waals surface area contributed by atoms with Crippen LogP contribution in [0.2, 0.25) is 0 Å². The van der Waals surface area contributed by atoms with Crippen LogP contribution in [0.25, 0.3) is 11.0 Å². The van der Waals surface area contributed by atoms with E-state index in [0.29, 0.717) is 27.3 Å². The molecule has 0 bridgehead atoms. The number of hydrogen-bond donors (Lipinski definition) is 0. The number of methoxy groups -OCH3 is 1. The highest BCUT2D eigenvalue weighted by molar-refractivity contribution is 6.21. The molecule has 4 rings (SSSR count). The van der Waals surface area contributed by atoms with Crippen molar-refractivity contribution in [2.75, 3.05) is 7.11 Å². The maximum atomic E-state index is 12.5. The number of imide groups is 1. The van der Waals surface area contributed by atoms with E-state index in [0.717, 1.165) is 0 Å². The lowest BCUT2D eigenvalue weighted by Gasteiger charge is -2.11. The summed E-state index contributed by atoms with van der Waals surface area (Å²) in [4.78, 5) is 42.1. The van der Waals surface area contributed by atoms with Crippen LogP contribution in [0.4, 0.5) is 0 Å². The number of hydroxylamine groups is 2. The van der Waals surface area contributed by atoms with Gasteiger partial charge in [-0.2, -0.15) is 0 Å². The van der Waals surface area contributed by atoms with Gasteiger partial charge in [-0.3, -0.25) is 9.59 Å². The van der Waals surface area contributed by atoms with Gasteiger partial charge < -0.3 is 14.0 Å². The van der Waals surface area contributed by atoms with Crippen molar-refractivity contribution in [3.8, 4) is 5.75 Å². The number of nitrogens with zero attached hydrogens (tertiary/aromatic N) is 1. The maximum Gasteiger partial charge on any atom is 0.399 e. The van der Waals surface area contributed by atoms with Crippen molar-refractivity contribution in [3.05, 3.63) is 64.9 Å². The lowest BCUT2D eigenvalue weighted by atomic mass is 10.1. The van der Waals surface area contributed by atoms with Gasteiger partial charge in [0.15, 0.2) is 0 Å². The monoisotopic (exact) mass is 351 g/mol. The molecule has 7 nitrogen and oxygen atoms in total. The minimum atomic E-state index is -0.924. The average Bonchev–Trinajstić information content (AvgIpc) is 3.12. The minimum absolute atomic E-state index is 0.0789. The van der Waals surface area contributed by atoms with Crippen molar-refractivity contribution < 1.29 is 28.4 Å². The van der Waals surface area contributed by atoms with E-state index in [1.807, 2.05) is 0 Å². The molecular formula is C19H13NO6. The van der Waals surface area contributed by atoms with Crippen LogP contribution >= 0.6 is 0 Å². The highest BCUT2D eigenvalue weighted by Gasteiger charge is 2.39. The first-order valence-corrected chi connectivity index (χ1v) is 7.78. The first kappa shape index (κ1) is 15.9. The Morgan fingerprint density at radius 3 is 2.31 bits per heavy atom. The van der Waals surface area contributed by atoms with Crippen molar-refractivity contribution in [2.24, 2.45) is 0 Å². The zero-order chi connectivity index (χ0) is 18.4. The number of carbonyl (C=O) groups excluding carboxylic acids is 3. The largest absolute Gasteiger partial charge is 0.497 e. The molecule has 0 atom stereocenters. The third-order valence-corrected chi connectivity index (χ3v) is 4.26. The number of benzene rings is 2. The lowest BCUT2D eigenvalue weighted by Crippen LogP contribution is -2.32. The van der Waals surface area contributed by atoms with Gasteiger partial charge in [0.2, 0.25) is 5.76 Å². The Bertz CT molecular complexity index is 1050. The molecule has 0 saturated heterocycles. The molecule has 0 aliphatic carbocycles. The number of ether oxygens (including phenoxy) is 1. The van der Waals surface area contributed by atoms with Crippen LogP contribution in [0, 0.1) is 6.92 Å².